The third kappa shape index (κ3) is 3.54. The summed E-state index contributed by atoms with van der Waals surface area (Å²) in [4.78, 5) is 14.0. The quantitative estimate of drug-likeness (QED) is 0.852. The van der Waals surface area contributed by atoms with Gasteiger partial charge in [-0.2, -0.15) is 0 Å². The third-order valence-electron chi connectivity index (χ3n) is 4.15. The van der Waals surface area contributed by atoms with Crippen molar-refractivity contribution in [1.29, 1.82) is 0 Å². The van der Waals surface area contributed by atoms with E-state index >= 15 is 0 Å². The second-order valence-electron chi connectivity index (χ2n) is 5.95. The number of nitrogens with one attached hydrogen (secondary N) is 1. The van der Waals surface area contributed by atoms with Crippen molar-refractivity contribution in [2.75, 3.05) is 20.2 Å². The molecule has 2 unspecified atom stereocenters. The van der Waals surface area contributed by atoms with E-state index in [9.17, 15) is 9.90 Å². The number of aliphatic hydroxyl groups excluding tert-OH is 1. The van der Waals surface area contributed by atoms with Gasteiger partial charge in [0.25, 0.3) is 0 Å². The molecule has 1 saturated heterocycles. The lowest BCUT2D eigenvalue weighted by Crippen LogP contribution is -2.38. The van der Waals surface area contributed by atoms with Crippen LogP contribution in [0.3, 0.4) is 0 Å². The monoisotopic (exact) mass is 290 g/mol. The van der Waals surface area contributed by atoms with Gasteiger partial charge in [0.2, 0.25) is 5.91 Å². The molecule has 0 bridgehead atoms. The predicted octanol–water partition coefficient (Wildman–Crippen LogP) is 1.08. The van der Waals surface area contributed by atoms with Crippen molar-refractivity contribution in [1.82, 2.24) is 10.2 Å². The Bertz CT molecular complexity index is 516. The number of β-amino-alcohol motifs (C(OH)–C–C–N with tert-alkyl or cyclic N) is 1. The van der Waals surface area contributed by atoms with Crippen LogP contribution < -0.4 is 10.1 Å². The van der Waals surface area contributed by atoms with E-state index in [1.165, 1.54) is 0 Å². The molecule has 0 aromatic heterocycles. The van der Waals surface area contributed by atoms with E-state index in [1.54, 1.807) is 7.11 Å². The normalized spacial score (nSPS) is 25.8. The summed E-state index contributed by atoms with van der Waals surface area (Å²) in [5, 5.41) is 13.0. The molecular formula is C16H22N2O3. The van der Waals surface area contributed by atoms with Crippen LogP contribution in [0.1, 0.15) is 30.9 Å². The van der Waals surface area contributed by atoms with Crippen LogP contribution in [-0.4, -0.2) is 48.3 Å². The van der Waals surface area contributed by atoms with Gasteiger partial charge in [-0.3, -0.25) is 9.69 Å². The van der Waals surface area contributed by atoms with Crippen LogP contribution >= 0.6 is 0 Å². The summed E-state index contributed by atoms with van der Waals surface area (Å²) in [5.41, 5.74) is 1.09. The SMILES string of the molecule is COc1cccc(C2CC(O)CN2CC(=O)NC2CC2)c1. The number of carbonyl (C=O) groups excluding carboxylic acids is 1. The largest absolute Gasteiger partial charge is 0.497 e. The highest BCUT2D eigenvalue weighted by atomic mass is 16.5. The maximum absolute atomic E-state index is 12.0. The molecule has 2 fully saturated rings. The number of rotatable bonds is 5. The summed E-state index contributed by atoms with van der Waals surface area (Å²) in [5.74, 6) is 0.857. The van der Waals surface area contributed by atoms with Gasteiger partial charge < -0.3 is 15.2 Å². The summed E-state index contributed by atoms with van der Waals surface area (Å²) >= 11 is 0. The molecule has 1 heterocycles. The average molecular weight is 290 g/mol. The summed E-state index contributed by atoms with van der Waals surface area (Å²) in [6, 6.07) is 8.30. The fraction of sp³-hybridized carbons (Fsp3) is 0.562. The van der Waals surface area contributed by atoms with Gasteiger partial charge in [-0.05, 0) is 37.0 Å². The molecule has 2 N–H and O–H groups in total. The summed E-state index contributed by atoms with van der Waals surface area (Å²) < 4.78 is 5.26. The molecule has 1 amide bonds. The molecule has 5 nitrogen and oxygen atoms in total. The number of amides is 1. The van der Waals surface area contributed by atoms with Crippen molar-refractivity contribution in [3.8, 4) is 5.75 Å². The van der Waals surface area contributed by atoms with E-state index in [2.05, 4.69) is 10.2 Å². The van der Waals surface area contributed by atoms with E-state index < -0.39 is 0 Å². The van der Waals surface area contributed by atoms with E-state index in [-0.39, 0.29) is 18.1 Å². The summed E-state index contributed by atoms with van der Waals surface area (Å²) in [6.07, 6.45) is 2.46. The molecule has 1 aliphatic carbocycles. The van der Waals surface area contributed by atoms with Crippen LogP contribution in [0, 0.1) is 0 Å². The molecule has 2 aliphatic rings. The fourth-order valence-electron chi connectivity index (χ4n) is 2.94. The lowest BCUT2D eigenvalue weighted by atomic mass is 10.0. The summed E-state index contributed by atoms with van der Waals surface area (Å²) in [6.45, 7) is 0.884. The van der Waals surface area contributed by atoms with Crippen LogP contribution in [0.2, 0.25) is 0 Å². The first-order valence-corrected chi connectivity index (χ1v) is 7.51. The van der Waals surface area contributed by atoms with Crippen LogP contribution in [0.4, 0.5) is 0 Å². The van der Waals surface area contributed by atoms with Crippen LogP contribution in [-0.2, 0) is 4.79 Å². The second-order valence-corrected chi connectivity index (χ2v) is 5.95. The molecule has 0 radical (unpaired) electrons. The number of carbonyl (C=O) groups is 1. The highest BCUT2D eigenvalue weighted by Gasteiger charge is 2.34. The number of ether oxygens (including phenoxy) is 1. The van der Waals surface area contributed by atoms with Gasteiger partial charge in [0.05, 0.1) is 19.8 Å². The number of methoxy groups -OCH3 is 1. The lowest BCUT2D eigenvalue weighted by molar-refractivity contribution is -0.122. The van der Waals surface area contributed by atoms with E-state index in [0.717, 1.165) is 24.2 Å². The Morgan fingerprint density at radius 2 is 2.29 bits per heavy atom. The molecule has 1 aromatic rings. The minimum Gasteiger partial charge on any atom is -0.497 e. The standard InChI is InChI=1S/C16H22N2O3/c1-21-14-4-2-3-11(7-14)15-8-13(19)9-18(15)10-16(20)17-12-5-6-12/h2-4,7,12-13,15,19H,5-6,8-10H2,1H3,(H,17,20). The smallest absolute Gasteiger partial charge is 0.234 e. The Labute approximate surface area is 124 Å². The molecule has 2 atom stereocenters. The lowest BCUT2D eigenvalue weighted by Gasteiger charge is -2.24. The Kier molecular flexibility index (Phi) is 4.12. The Hall–Kier alpha value is -1.59. The van der Waals surface area contributed by atoms with Gasteiger partial charge in [-0.25, -0.2) is 0 Å². The van der Waals surface area contributed by atoms with Crippen LogP contribution in [0.15, 0.2) is 24.3 Å². The minimum absolute atomic E-state index is 0.0551. The first-order valence-electron chi connectivity index (χ1n) is 7.51. The predicted molar refractivity (Wildman–Crippen MR) is 79.1 cm³/mol. The van der Waals surface area contributed by atoms with Crippen LogP contribution in [0.25, 0.3) is 0 Å². The van der Waals surface area contributed by atoms with Crippen molar-refractivity contribution >= 4 is 5.91 Å². The van der Waals surface area contributed by atoms with Crippen molar-refractivity contribution in [2.45, 2.75) is 37.5 Å². The molecular weight excluding hydrogens is 268 g/mol. The molecule has 1 aromatic carbocycles. The minimum atomic E-state index is -0.380. The molecule has 3 rings (SSSR count). The zero-order chi connectivity index (χ0) is 14.8. The molecule has 5 heteroatoms. The van der Waals surface area contributed by atoms with Crippen molar-refractivity contribution in [3.63, 3.8) is 0 Å². The number of hydrogen-bond donors (Lipinski definition) is 2. The van der Waals surface area contributed by atoms with Crippen LogP contribution in [0.5, 0.6) is 5.75 Å². The average Bonchev–Trinajstić information content (AvgIpc) is 3.20. The van der Waals surface area contributed by atoms with Gasteiger partial charge in [0, 0.05) is 18.6 Å². The number of benzene rings is 1. The molecule has 1 saturated carbocycles. The first-order chi connectivity index (χ1) is 10.2. The Morgan fingerprint density at radius 1 is 1.48 bits per heavy atom. The topological polar surface area (TPSA) is 61.8 Å². The van der Waals surface area contributed by atoms with Gasteiger partial charge in [0.1, 0.15) is 5.75 Å². The van der Waals surface area contributed by atoms with E-state index in [4.69, 9.17) is 4.74 Å². The Morgan fingerprint density at radius 3 is 3.00 bits per heavy atom. The number of likely N-dealkylation sites (tertiary alicyclic amines) is 1. The highest BCUT2D eigenvalue weighted by Crippen LogP contribution is 2.33. The number of nitrogens with zero attached hydrogens (tertiary/aromatic N) is 1. The van der Waals surface area contributed by atoms with Gasteiger partial charge in [0.15, 0.2) is 0 Å². The number of hydrogen-bond acceptors (Lipinski definition) is 4. The molecule has 21 heavy (non-hydrogen) atoms. The molecule has 1 aliphatic heterocycles. The van der Waals surface area contributed by atoms with Crippen molar-refractivity contribution < 1.29 is 14.6 Å². The first kappa shape index (κ1) is 14.4. The van der Waals surface area contributed by atoms with E-state index in [1.807, 2.05) is 24.3 Å². The highest BCUT2D eigenvalue weighted by molar-refractivity contribution is 5.78. The second kappa shape index (κ2) is 6.03. The van der Waals surface area contributed by atoms with Gasteiger partial charge in [-0.1, -0.05) is 12.1 Å². The molecule has 0 spiro atoms. The maximum Gasteiger partial charge on any atom is 0.234 e. The van der Waals surface area contributed by atoms with Crippen molar-refractivity contribution in [2.24, 2.45) is 0 Å². The van der Waals surface area contributed by atoms with Gasteiger partial charge >= 0.3 is 0 Å². The third-order valence-corrected chi connectivity index (χ3v) is 4.15. The zero-order valence-electron chi connectivity index (χ0n) is 12.3. The van der Waals surface area contributed by atoms with Gasteiger partial charge in [-0.15, -0.1) is 0 Å². The zero-order valence-corrected chi connectivity index (χ0v) is 12.3. The Balaban J connectivity index is 1.70. The van der Waals surface area contributed by atoms with Crippen molar-refractivity contribution in [3.05, 3.63) is 29.8 Å². The maximum atomic E-state index is 12.0. The summed E-state index contributed by atoms with van der Waals surface area (Å²) in [7, 11) is 1.64. The number of aliphatic hydroxyl groups is 1. The molecule has 114 valence electrons. The van der Waals surface area contributed by atoms with E-state index in [0.29, 0.717) is 25.6 Å². The fourth-order valence-corrected chi connectivity index (χ4v) is 2.94.